The lowest BCUT2D eigenvalue weighted by Crippen LogP contribution is -2.55. The molecule has 3 N–H and O–H groups in total. The van der Waals surface area contributed by atoms with E-state index in [9.17, 15) is 14.3 Å². The molecule has 170 valence electrons. The molecule has 2 atom stereocenters. The smallest absolute Gasteiger partial charge is 0.272 e. The van der Waals surface area contributed by atoms with Crippen LogP contribution in [0.5, 0.6) is 0 Å². The SMILES string of the molecule is CCC1(NC(=O)c2cn(-c3nc(Nc4ccc(F)cc4)ncc3C)c(C)n2)C=CC=CC1O. The summed E-state index contributed by atoms with van der Waals surface area (Å²) in [6, 6.07) is 5.88. The average Bonchev–Trinajstić information content (AvgIpc) is 3.20. The highest BCUT2D eigenvalue weighted by Crippen LogP contribution is 2.24. The van der Waals surface area contributed by atoms with E-state index >= 15 is 0 Å². The average molecular weight is 449 g/mol. The third-order valence-electron chi connectivity index (χ3n) is 5.65. The maximum Gasteiger partial charge on any atom is 0.272 e. The van der Waals surface area contributed by atoms with Gasteiger partial charge in [0.15, 0.2) is 0 Å². The fraction of sp³-hybridized carbons (Fsp3) is 0.250. The van der Waals surface area contributed by atoms with Gasteiger partial charge in [-0.25, -0.2) is 14.4 Å². The van der Waals surface area contributed by atoms with Crippen LogP contribution in [0.1, 0.15) is 35.2 Å². The van der Waals surface area contributed by atoms with Gasteiger partial charge in [0.1, 0.15) is 23.2 Å². The number of nitrogens with zero attached hydrogens (tertiary/aromatic N) is 4. The van der Waals surface area contributed by atoms with E-state index < -0.39 is 17.6 Å². The first-order chi connectivity index (χ1) is 15.8. The van der Waals surface area contributed by atoms with Gasteiger partial charge >= 0.3 is 0 Å². The van der Waals surface area contributed by atoms with E-state index in [0.717, 1.165) is 5.56 Å². The number of aryl methyl sites for hydroxylation is 2. The van der Waals surface area contributed by atoms with E-state index in [0.29, 0.717) is 29.7 Å². The number of halogens is 1. The van der Waals surface area contributed by atoms with Gasteiger partial charge in [0, 0.05) is 23.6 Å². The molecule has 2 heterocycles. The Kier molecular flexibility index (Phi) is 6.06. The number of nitrogens with one attached hydrogen (secondary N) is 2. The minimum Gasteiger partial charge on any atom is -0.386 e. The lowest BCUT2D eigenvalue weighted by Gasteiger charge is -2.35. The second kappa shape index (κ2) is 8.95. The summed E-state index contributed by atoms with van der Waals surface area (Å²) < 4.78 is 14.9. The quantitative estimate of drug-likeness (QED) is 0.533. The lowest BCUT2D eigenvalue weighted by molar-refractivity contribution is 0.0784. The first-order valence-corrected chi connectivity index (χ1v) is 10.6. The van der Waals surface area contributed by atoms with Crippen LogP contribution in [-0.2, 0) is 0 Å². The van der Waals surface area contributed by atoms with Gasteiger partial charge < -0.3 is 15.7 Å². The third-order valence-corrected chi connectivity index (χ3v) is 5.65. The number of aromatic nitrogens is 4. The molecule has 2 aromatic heterocycles. The first-order valence-electron chi connectivity index (χ1n) is 10.6. The molecular formula is C24H25FN6O2. The maximum atomic E-state index is 13.2. The molecule has 0 spiro atoms. The summed E-state index contributed by atoms with van der Waals surface area (Å²) in [5, 5.41) is 16.4. The second-order valence-electron chi connectivity index (χ2n) is 7.91. The fourth-order valence-electron chi connectivity index (χ4n) is 3.67. The Bertz CT molecular complexity index is 1230. The van der Waals surface area contributed by atoms with Crippen LogP contribution in [0, 0.1) is 19.7 Å². The summed E-state index contributed by atoms with van der Waals surface area (Å²) in [5.41, 5.74) is 0.752. The molecule has 33 heavy (non-hydrogen) atoms. The highest BCUT2D eigenvalue weighted by atomic mass is 19.1. The maximum absolute atomic E-state index is 13.2. The summed E-state index contributed by atoms with van der Waals surface area (Å²) in [6.45, 7) is 5.54. The monoisotopic (exact) mass is 448 g/mol. The molecule has 0 radical (unpaired) electrons. The van der Waals surface area contributed by atoms with Crippen LogP contribution in [-0.4, -0.2) is 42.2 Å². The molecule has 0 saturated carbocycles. The van der Waals surface area contributed by atoms with Crippen LogP contribution < -0.4 is 10.6 Å². The van der Waals surface area contributed by atoms with Crippen molar-refractivity contribution >= 4 is 17.5 Å². The van der Waals surface area contributed by atoms with Crippen molar-refractivity contribution in [2.24, 2.45) is 0 Å². The number of carbonyl (C=O) groups is 1. The topological polar surface area (TPSA) is 105 Å². The lowest BCUT2D eigenvalue weighted by atomic mass is 9.85. The Morgan fingerprint density at radius 3 is 2.67 bits per heavy atom. The van der Waals surface area contributed by atoms with Gasteiger partial charge in [-0.15, -0.1) is 0 Å². The van der Waals surface area contributed by atoms with Gasteiger partial charge in [-0.2, -0.15) is 4.98 Å². The van der Waals surface area contributed by atoms with E-state index in [1.165, 1.54) is 12.1 Å². The zero-order valence-electron chi connectivity index (χ0n) is 18.6. The van der Waals surface area contributed by atoms with Crippen LogP contribution in [0.3, 0.4) is 0 Å². The largest absolute Gasteiger partial charge is 0.386 e. The molecule has 4 rings (SSSR count). The third kappa shape index (κ3) is 4.54. The number of benzene rings is 1. The van der Waals surface area contributed by atoms with Gasteiger partial charge in [0.25, 0.3) is 5.91 Å². The molecule has 0 saturated heterocycles. The predicted molar refractivity (Wildman–Crippen MR) is 123 cm³/mol. The molecular weight excluding hydrogens is 423 g/mol. The standard InChI is InChI=1S/C24H25FN6O2/c1-4-24(12-6-5-7-20(24)32)30-22(33)19-14-31(16(3)27-19)21-15(2)13-26-23(29-21)28-18-10-8-17(25)9-11-18/h5-14,20,32H,4H2,1-3H3,(H,30,33)(H,26,28,29). The van der Waals surface area contributed by atoms with Crippen LogP contribution in [0.15, 0.2) is 61.0 Å². The molecule has 2 unspecified atom stereocenters. The molecule has 1 aliphatic carbocycles. The number of carbonyl (C=O) groups excluding carboxylic acids is 1. The predicted octanol–water partition coefficient (Wildman–Crippen LogP) is 3.53. The molecule has 1 aromatic carbocycles. The van der Waals surface area contributed by atoms with Crippen molar-refractivity contribution in [1.82, 2.24) is 24.8 Å². The molecule has 3 aromatic rings. The minimum atomic E-state index is -0.888. The Morgan fingerprint density at radius 2 is 1.97 bits per heavy atom. The normalized spacial score (nSPS) is 19.5. The van der Waals surface area contributed by atoms with E-state index in [1.54, 1.807) is 60.3 Å². The number of aliphatic hydroxyl groups excluding tert-OH is 1. The summed E-state index contributed by atoms with van der Waals surface area (Å²) in [5.74, 6) is 0.731. The van der Waals surface area contributed by atoms with Gasteiger partial charge in [0.05, 0.1) is 11.6 Å². The van der Waals surface area contributed by atoms with Gasteiger partial charge in [-0.05, 0) is 44.5 Å². The van der Waals surface area contributed by atoms with E-state index in [-0.39, 0.29) is 11.5 Å². The van der Waals surface area contributed by atoms with Crippen molar-refractivity contribution in [3.8, 4) is 5.82 Å². The van der Waals surface area contributed by atoms with Crippen LogP contribution in [0.25, 0.3) is 5.82 Å². The van der Waals surface area contributed by atoms with Crippen molar-refractivity contribution in [2.45, 2.75) is 38.8 Å². The van der Waals surface area contributed by atoms with Crippen LogP contribution in [0.4, 0.5) is 16.0 Å². The summed E-state index contributed by atoms with van der Waals surface area (Å²) in [7, 11) is 0. The number of imidazole rings is 1. The summed E-state index contributed by atoms with van der Waals surface area (Å²) in [6.07, 6.45) is 9.95. The number of rotatable bonds is 6. The molecule has 9 heteroatoms. The van der Waals surface area contributed by atoms with Crippen molar-refractivity contribution in [3.63, 3.8) is 0 Å². The Labute approximate surface area is 190 Å². The van der Waals surface area contributed by atoms with E-state index in [1.807, 2.05) is 13.8 Å². The molecule has 0 aliphatic heterocycles. The van der Waals surface area contributed by atoms with Crippen molar-refractivity contribution in [1.29, 1.82) is 0 Å². The van der Waals surface area contributed by atoms with Crippen LogP contribution in [0.2, 0.25) is 0 Å². The number of amides is 1. The fourth-order valence-corrected chi connectivity index (χ4v) is 3.67. The van der Waals surface area contributed by atoms with Gasteiger partial charge in [0.2, 0.25) is 5.95 Å². The molecule has 0 bridgehead atoms. The zero-order chi connectivity index (χ0) is 23.6. The minimum absolute atomic E-state index is 0.210. The van der Waals surface area contributed by atoms with Crippen molar-refractivity contribution < 1.29 is 14.3 Å². The molecule has 1 amide bonds. The van der Waals surface area contributed by atoms with Crippen molar-refractivity contribution in [2.75, 3.05) is 5.32 Å². The number of allylic oxidation sites excluding steroid dienone is 2. The zero-order valence-corrected chi connectivity index (χ0v) is 18.6. The summed E-state index contributed by atoms with van der Waals surface area (Å²) >= 11 is 0. The Hall–Kier alpha value is -3.85. The highest BCUT2D eigenvalue weighted by molar-refractivity contribution is 5.93. The van der Waals surface area contributed by atoms with Gasteiger partial charge in [-0.1, -0.05) is 31.2 Å². The molecule has 1 aliphatic rings. The molecule has 0 fully saturated rings. The number of anilines is 2. The first kappa shape index (κ1) is 22.3. The number of hydrogen-bond acceptors (Lipinski definition) is 6. The number of hydrogen-bond donors (Lipinski definition) is 3. The van der Waals surface area contributed by atoms with Crippen LogP contribution >= 0.6 is 0 Å². The Balaban J connectivity index is 1.60. The van der Waals surface area contributed by atoms with Gasteiger partial charge in [-0.3, -0.25) is 9.36 Å². The van der Waals surface area contributed by atoms with E-state index in [2.05, 4.69) is 25.6 Å². The second-order valence-corrected chi connectivity index (χ2v) is 7.91. The number of aliphatic hydroxyl groups is 1. The van der Waals surface area contributed by atoms with E-state index in [4.69, 9.17) is 0 Å². The summed E-state index contributed by atoms with van der Waals surface area (Å²) in [4.78, 5) is 26.3. The molecule has 8 nitrogen and oxygen atoms in total. The Morgan fingerprint density at radius 1 is 1.21 bits per heavy atom. The highest BCUT2D eigenvalue weighted by Gasteiger charge is 2.36. The van der Waals surface area contributed by atoms with Crippen molar-refractivity contribution in [3.05, 3.63) is 83.9 Å².